The van der Waals surface area contributed by atoms with Gasteiger partial charge in [0.05, 0.1) is 24.8 Å². The van der Waals surface area contributed by atoms with Crippen LogP contribution in [0.5, 0.6) is 5.75 Å². The van der Waals surface area contributed by atoms with Crippen molar-refractivity contribution in [2.45, 2.75) is 13.3 Å². The molecule has 2 aromatic rings. The van der Waals surface area contributed by atoms with Crippen LogP contribution in [-0.2, 0) is 11.2 Å². The first-order valence-corrected chi connectivity index (χ1v) is 5.69. The van der Waals surface area contributed by atoms with Gasteiger partial charge in [0.15, 0.2) is 0 Å². The zero-order valence-electron chi connectivity index (χ0n) is 10.6. The Labute approximate surface area is 109 Å². The first-order chi connectivity index (χ1) is 9.02. The Kier molecular flexibility index (Phi) is 3.41. The number of rotatable bonds is 4. The summed E-state index contributed by atoms with van der Waals surface area (Å²) in [6.45, 7) is 1.71. The van der Waals surface area contributed by atoms with Gasteiger partial charge in [-0.15, -0.1) is 0 Å². The third-order valence-corrected chi connectivity index (χ3v) is 2.92. The van der Waals surface area contributed by atoms with Crippen molar-refractivity contribution in [2.24, 2.45) is 0 Å². The molecule has 0 aliphatic rings. The summed E-state index contributed by atoms with van der Waals surface area (Å²) < 4.78 is 6.63. The molecule has 0 aliphatic heterocycles. The van der Waals surface area contributed by atoms with Gasteiger partial charge in [0.2, 0.25) is 0 Å². The summed E-state index contributed by atoms with van der Waals surface area (Å²) in [7, 11) is 1.57. The van der Waals surface area contributed by atoms with Crippen molar-refractivity contribution < 1.29 is 14.6 Å². The van der Waals surface area contributed by atoms with E-state index < -0.39 is 5.97 Å². The molecule has 0 radical (unpaired) electrons. The molecule has 0 saturated carbocycles. The summed E-state index contributed by atoms with van der Waals surface area (Å²) in [4.78, 5) is 22.5. The summed E-state index contributed by atoms with van der Waals surface area (Å²) in [6.07, 6.45) is -0.287. The minimum atomic E-state index is -1.03. The van der Waals surface area contributed by atoms with Gasteiger partial charge in [-0.25, -0.2) is 0 Å². The van der Waals surface area contributed by atoms with E-state index >= 15 is 0 Å². The van der Waals surface area contributed by atoms with Crippen LogP contribution < -0.4 is 10.3 Å². The smallest absolute Gasteiger partial charge is 0.308 e. The highest BCUT2D eigenvalue weighted by Gasteiger charge is 2.14. The highest BCUT2D eigenvalue weighted by atomic mass is 16.5. The molecule has 100 valence electrons. The second-order valence-corrected chi connectivity index (χ2v) is 4.11. The Bertz CT molecular complexity index is 652. The van der Waals surface area contributed by atoms with E-state index in [4.69, 9.17) is 9.84 Å². The van der Waals surface area contributed by atoms with Gasteiger partial charge in [0.1, 0.15) is 5.75 Å². The first-order valence-electron chi connectivity index (χ1n) is 5.69. The number of aliphatic carboxylic acids is 1. The molecular weight excluding hydrogens is 248 g/mol. The molecule has 1 heterocycles. The standard InChI is InChI=1S/C13H14N2O4/c1-8-11(7-12(16)17)13(18)14-15(8)9-3-5-10(19-2)6-4-9/h3-6H,7H2,1-2H3,(H,14,18)(H,16,17). The normalized spacial score (nSPS) is 10.4. The van der Waals surface area contributed by atoms with Gasteiger partial charge < -0.3 is 9.84 Å². The monoisotopic (exact) mass is 262 g/mol. The predicted molar refractivity (Wildman–Crippen MR) is 69.0 cm³/mol. The molecule has 0 unspecified atom stereocenters. The van der Waals surface area contributed by atoms with E-state index in [1.807, 2.05) is 0 Å². The average Bonchev–Trinajstić information content (AvgIpc) is 2.66. The fourth-order valence-corrected chi connectivity index (χ4v) is 1.90. The lowest BCUT2D eigenvalue weighted by Gasteiger charge is -2.07. The van der Waals surface area contributed by atoms with Crippen LogP contribution in [0.15, 0.2) is 29.1 Å². The molecule has 0 aliphatic carbocycles. The SMILES string of the molecule is COc1ccc(-n2[nH]c(=O)c(CC(=O)O)c2C)cc1. The van der Waals surface area contributed by atoms with E-state index in [2.05, 4.69) is 5.10 Å². The number of H-pyrrole nitrogens is 1. The molecule has 0 atom stereocenters. The summed E-state index contributed by atoms with van der Waals surface area (Å²) in [6, 6.07) is 7.10. The van der Waals surface area contributed by atoms with E-state index in [0.29, 0.717) is 11.4 Å². The number of aromatic amines is 1. The molecule has 1 aromatic carbocycles. The summed E-state index contributed by atoms with van der Waals surface area (Å²) in [5, 5.41) is 11.4. The van der Waals surface area contributed by atoms with Gasteiger partial charge in [-0.2, -0.15) is 0 Å². The van der Waals surface area contributed by atoms with Crippen molar-refractivity contribution in [1.29, 1.82) is 0 Å². The average molecular weight is 262 g/mol. The van der Waals surface area contributed by atoms with Gasteiger partial charge in [-0.05, 0) is 31.2 Å². The summed E-state index contributed by atoms with van der Waals surface area (Å²) in [5.41, 5.74) is 1.23. The summed E-state index contributed by atoms with van der Waals surface area (Å²) in [5.74, 6) is -0.317. The van der Waals surface area contributed by atoms with Crippen LogP contribution in [0.3, 0.4) is 0 Å². The number of carboxylic acids is 1. The number of carboxylic acid groups (broad SMARTS) is 1. The van der Waals surface area contributed by atoms with Crippen LogP contribution in [0.2, 0.25) is 0 Å². The zero-order chi connectivity index (χ0) is 14.0. The first kappa shape index (κ1) is 12.9. The minimum Gasteiger partial charge on any atom is -0.497 e. The number of ether oxygens (including phenoxy) is 1. The Balaban J connectivity index is 2.45. The number of benzene rings is 1. The predicted octanol–water partition coefficient (Wildman–Crippen LogP) is 1.11. The third-order valence-electron chi connectivity index (χ3n) is 2.92. The van der Waals surface area contributed by atoms with E-state index in [9.17, 15) is 9.59 Å². The van der Waals surface area contributed by atoms with Crippen molar-refractivity contribution in [3.8, 4) is 11.4 Å². The minimum absolute atomic E-state index is 0.267. The lowest BCUT2D eigenvalue weighted by atomic mass is 10.2. The van der Waals surface area contributed by atoms with Crippen LogP contribution in [0.25, 0.3) is 5.69 Å². The molecule has 0 spiro atoms. The van der Waals surface area contributed by atoms with Gasteiger partial charge in [0.25, 0.3) is 5.56 Å². The third kappa shape index (κ3) is 2.52. The Morgan fingerprint density at radius 1 is 1.37 bits per heavy atom. The highest BCUT2D eigenvalue weighted by Crippen LogP contribution is 2.16. The van der Waals surface area contributed by atoms with Gasteiger partial charge in [0, 0.05) is 5.69 Å². The molecule has 6 nitrogen and oxygen atoms in total. The number of methoxy groups -OCH3 is 1. The van der Waals surface area contributed by atoms with E-state index in [0.717, 1.165) is 5.69 Å². The van der Waals surface area contributed by atoms with Crippen LogP contribution in [0.1, 0.15) is 11.3 Å². The van der Waals surface area contributed by atoms with Crippen molar-refractivity contribution in [1.82, 2.24) is 9.78 Å². The number of hydrogen-bond donors (Lipinski definition) is 2. The van der Waals surface area contributed by atoms with Gasteiger partial charge in [-0.3, -0.25) is 19.4 Å². The largest absolute Gasteiger partial charge is 0.497 e. The highest BCUT2D eigenvalue weighted by molar-refractivity contribution is 5.70. The van der Waals surface area contributed by atoms with Crippen molar-refractivity contribution in [3.63, 3.8) is 0 Å². The van der Waals surface area contributed by atoms with Crippen LogP contribution in [0.4, 0.5) is 0 Å². The molecule has 19 heavy (non-hydrogen) atoms. The van der Waals surface area contributed by atoms with Crippen LogP contribution in [-0.4, -0.2) is 28.0 Å². The maximum atomic E-state index is 11.7. The quantitative estimate of drug-likeness (QED) is 0.864. The molecule has 0 bridgehead atoms. The Hall–Kier alpha value is -2.50. The van der Waals surface area contributed by atoms with Gasteiger partial charge in [-0.1, -0.05) is 0 Å². The Morgan fingerprint density at radius 3 is 2.53 bits per heavy atom. The van der Waals surface area contributed by atoms with Crippen LogP contribution in [0, 0.1) is 6.92 Å². The topological polar surface area (TPSA) is 84.3 Å². The molecule has 0 saturated heterocycles. The van der Waals surface area contributed by atoms with E-state index in [1.165, 1.54) is 0 Å². The molecule has 1 aromatic heterocycles. The molecular formula is C13H14N2O4. The molecule has 6 heteroatoms. The maximum Gasteiger partial charge on any atom is 0.308 e. The number of nitrogens with one attached hydrogen (secondary N) is 1. The maximum absolute atomic E-state index is 11.7. The molecule has 2 rings (SSSR count). The van der Waals surface area contributed by atoms with Crippen molar-refractivity contribution >= 4 is 5.97 Å². The van der Waals surface area contributed by atoms with E-state index in [-0.39, 0.29) is 17.5 Å². The molecule has 2 N–H and O–H groups in total. The second kappa shape index (κ2) is 5.01. The van der Waals surface area contributed by atoms with Crippen molar-refractivity contribution in [3.05, 3.63) is 45.9 Å². The van der Waals surface area contributed by atoms with Crippen LogP contribution >= 0.6 is 0 Å². The Morgan fingerprint density at radius 2 is 2.00 bits per heavy atom. The number of carbonyl (C=O) groups is 1. The second-order valence-electron chi connectivity index (χ2n) is 4.11. The number of aromatic nitrogens is 2. The zero-order valence-corrected chi connectivity index (χ0v) is 10.6. The molecule has 0 fully saturated rings. The molecule has 0 amide bonds. The van der Waals surface area contributed by atoms with Gasteiger partial charge >= 0.3 is 5.97 Å². The number of nitrogens with zero attached hydrogens (tertiary/aromatic N) is 1. The number of hydrogen-bond acceptors (Lipinski definition) is 3. The van der Waals surface area contributed by atoms with E-state index in [1.54, 1.807) is 43.0 Å². The lowest BCUT2D eigenvalue weighted by Crippen LogP contribution is -2.11. The lowest BCUT2D eigenvalue weighted by molar-refractivity contribution is -0.136. The fraction of sp³-hybridized carbons (Fsp3) is 0.231. The van der Waals surface area contributed by atoms with Crippen molar-refractivity contribution in [2.75, 3.05) is 7.11 Å². The summed E-state index contributed by atoms with van der Waals surface area (Å²) >= 11 is 0. The fourth-order valence-electron chi connectivity index (χ4n) is 1.90.